The van der Waals surface area contributed by atoms with Crippen LogP contribution in [-0.2, 0) is 13.1 Å². The van der Waals surface area contributed by atoms with E-state index in [1.807, 2.05) is 24.4 Å². The number of nitrogens with zero attached hydrogens (tertiary/aromatic N) is 4. The Morgan fingerprint density at radius 2 is 2.00 bits per heavy atom. The third-order valence-corrected chi connectivity index (χ3v) is 4.42. The van der Waals surface area contributed by atoms with Gasteiger partial charge in [0.15, 0.2) is 0 Å². The smallest absolute Gasteiger partial charge is 0.145 e. The molecular weight excluding hydrogens is 300 g/mol. The van der Waals surface area contributed by atoms with Crippen LogP contribution in [0, 0.1) is 0 Å². The molecule has 1 aromatic carbocycles. The summed E-state index contributed by atoms with van der Waals surface area (Å²) in [4.78, 5) is 14.0. The van der Waals surface area contributed by atoms with Crippen LogP contribution in [0.4, 0.5) is 0 Å². The van der Waals surface area contributed by atoms with Gasteiger partial charge in [-0.3, -0.25) is 4.90 Å². The van der Waals surface area contributed by atoms with E-state index in [-0.39, 0.29) is 0 Å². The van der Waals surface area contributed by atoms with Gasteiger partial charge in [-0.05, 0) is 57.2 Å². The van der Waals surface area contributed by atoms with Crippen molar-refractivity contribution in [3.05, 3.63) is 53.6 Å². The summed E-state index contributed by atoms with van der Waals surface area (Å²) in [5.74, 6) is 1.86. The molecule has 128 valence electrons. The lowest BCUT2D eigenvalue weighted by Crippen LogP contribution is -2.25. The van der Waals surface area contributed by atoms with Gasteiger partial charge in [-0.15, -0.1) is 0 Å². The number of hydrogen-bond donors (Lipinski definition) is 0. The molecule has 0 amide bonds. The lowest BCUT2D eigenvalue weighted by molar-refractivity contribution is 0.239. The molecule has 0 spiro atoms. The largest absolute Gasteiger partial charge is 0.497 e. The van der Waals surface area contributed by atoms with E-state index >= 15 is 0 Å². The van der Waals surface area contributed by atoms with Gasteiger partial charge >= 0.3 is 0 Å². The predicted octanol–water partition coefficient (Wildman–Crippen LogP) is 2.88. The summed E-state index contributed by atoms with van der Waals surface area (Å²) in [6.07, 6.45) is 4.22. The summed E-state index contributed by atoms with van der Waals surface area (Å²) in [5, 5.41) is 0. The molecule has 1 aliphatic rings. The third kappa shape index (κ3) is 4.10. The highest BCUT2D eigenvalue weighted by Gasteiger charge is 2.28. The zero-order valence-electron chi connectivity index (χ0n) is 14.8. The molecule has 1 aliphatic heterocycles. The van der Waals surface area contributed by atoms with E-state index in [1.54, 1.807) is 7.11 Å². The maximum absolute atomic E-state index is 5.24. The fraction of sp³-hybridized carbons (Fsp3) is 0.474. The molecule has 0 radical (unpaired) electrons. The second kappa shape index (κ2) is 7.73. The molecule has 1 atom stereocenters. The lowest BCUT2D eigenvalue weighted by Gasteiger charge is -2.24. The Hall–Kier alpha value is -1.98. The van der Waals surface area contributed by atoms with Crippen LogP contribution in [0.5, 0.6) is 5.75 Å². The van der Waals surface area contributed by atoms with Gasteiger partial charge in [-0.2, -0.15) is 0 Å². The molecule has 0 bridgehead atoms. The summed E-state index contributed by atoms with van der Waals surface area (Å²) in [5.41, 5.74) is 2.38. The third-order valence-electron chi connectivity index (χ3n) is 4.42. The number of aromatic nitrogens is 2. The molecule has 1 aromatic heterocycles. The van der Waals surface area contributed by atoms with E-state index in [0.717, 1.165) is 43.3 Å². The van der Waals surface area contributed by atoms with E-state index < -0.39 is 0 Å². The van der Waals surface area contributed by atoms with Crippen molar-refractivity contribution in [1.29, 1.82) is 0 Å². The minimum Gasteiger partial charge on any atom is -0.497 e. The second-order valence-corrected chi connectivity index (χ2v) is 6.62. The Morgan fingerprint density at radius 3 is 2.71 bits per heavy atom. The SMILES string of the molecule is COc1ccc(CN2CCC[C@@H]2c2nccc(CN(C)C)n2)cc1. The minimum atomic E-state index is 0.314. The van der Waals surface area contributed by atoms with Gasteiger partial charge in [0.05, 0.1) is 18.8 Å². The average Bonchev–Trinajstić information content (AvgIpc) is 3.03. The lowest BCUT2D eigenvalue weighted by atomic mass is 10.1. The first-order valence-electron chi connectivity index (χ1n) is 8.49. The van der Waals surface area contributed by atoms with Gasteiger partial charge in [0.2, 0.25) is 0 Å². The zero-order chi connectivity index (χ0) is 16.9. The first-order chi connectivity index (χ1) is 11.7. The zero-order valence-corrected chi connectivity index (χ0v) is 14.8. The molecule has 5 heteroatoms. The van der Waals surface area contributed by atoms with Crippen LogP contribution in [-0.4, -0.2) is 47.5 Å². The standard InChI is InChI=1S/C19H26N4O/c1-22(2)14-16-10-11-20-19(21-16)18-5-4-12-23(18)13-15-6-8-17(24-3)9-7-15/h6-11,18H,4-5,12-14H2,1-3H3/t18-/m1/s1. The van der Waals surface area contributed by atoms with Gasteiger partial charge in [0, 0.05) is 19.3 Å². The molecule has 3 rings (SSSR count). The van der Waals surface area contributed by atoms with E-state index in [2.05, 4.69) is 41.0 Å². The van der Waals surface area contributed by atoms with Crippen molar-refractivity contribution < 1.29 is 4.74 Å². The topological polar surface area (TPSA) is 41.5 Å². The van der Waals surface area contributed by atoms with Crippen LogP contribution >= 0.6 is 0 Å². The number of ether oxygens (including phenoxy) is 1. The van der Waals surface area contributed by atoms with E-state index in [0.29, 0.717) is 6.04 Å². The number of methoxy groups -OCH3 is 1. The molecule has 0 N–H and O–H groups in total. The summed E-state index contributed by atoms with van der Waals surface area (Å²) in [7, 11) is 5.82. The van der Waals surface area contributed by atoms with Gasteiger partial charge in [-0.25, -0.2) is 9.97 Å². The maximum atomic E-state index is 5.24. The molecule has 0 unspecified atom stereocenters. The molecule has 24 heavy (non-hydrogen) atoms. The van der Waals surface area contributed by atoms with Gasteiger partial charge in [0.25, 0.3) is 0 Å². The van der Waals surface area contributed by atoms with Crippen molar-refractivity contribution >= 4 is 0 Å². The van der Waals surface area contributed by atoms with Crippen molar-refractivity contribution in [2.24, 2.45) is 0 Å². The Labute approximate surface area is 144 Å². The normalized spacial score (nSPS) is 18.2. The summed E-state index contributed by atoms with van der Waals surface area (Å²) < 4.78 is 5.24. The minimum absolute atomic E-state index is 0.314. The number of hydrogen-bond acceptors (Lipinski definition) is 5. The number of benzene rings is 1. The van der Waals surface area contributed by atoms with Gasteiger partial charge < -0.3 is 9.64 Å². The average molecular weight is 326 g/mol. The summed E-state index contributed by atoms with van der Waals surface area (Å²) >= 11 is 0. The molecular formula is C19H26N4O. The second-order valence-electron chi connectivity index (χ2n) is 6.62. The van der Waals surface area contributed by atoms with Crippen LogP contribution in [0.3, 0.4) is 0 Å². The van der Waals surface area contributed by atoms with E-state index in [9.17, 15) is 0 Å². The first kappa shape index (κ1) is 16.9. The van der Waals surface area contributed by atoms with Crippen LogP contribution in [0.1, 0.15) is 36.0 Å². The summed E-state index contributed by atoms with van der Waals surface area (Å²) in [6, 6.07) is 10.6. The van der Waals surface area contributed by atoms with Crippen LogP contribution in [0.25, 0.3) is 0 Å². The first-order valence-corrected chi connectivity index (χ1v) is 8.49. The summed E-state index contributed by atoms with van der Waals surface area (Å²) in [6.45, 7) is 2.87. The van der Waals surface area contributed by atoms with E-state index in [4.69, 9.17) is 9.72 Å². The predicted molar refractivity (Wildman–Crippen MR) is 94.8 cm³/mol. The highest BCUT2D eigenvalue weighted by atomic mass is 16.5. The van der Waals surface area contributed by atoms with Gasteiger partial charge in [-0.1, -0.05) is 12.1 Å². The van der Waals surface area contributed by atoms with Crippen LogP contribution in [0.2, 0.25) is 0 Å². The van der Waals surface area contributed by atoms with Crippen molar-refractivity contribution in [1.82, 2.24) is 19.8 Å². The highest BCUT2D eigenvalue weighted by molar-refractivity contribution is 5.27. The van der Waals surface area contributed by atoms with E-state index in [1.165, 1.54) is 12.0 Å². The molecule has 5 nitrogen and oxygen atoms in total. The van der Waals surface area contributed by atoms with Gasteiger partial charge in [0.1, 0.15) is 11.6 Å². The maximum Gasteiger partial charge on any atom is 0.145 e. The van der Waals surface area contributed by atoms with Crippen molar-refractivity contribution in [3.8, 4) is 5.75 Å². The highest BCUT2D eigenvalue weighted by Crippen LogP contribution is 2.31. The molecule has 2 heterocycles. The Bertz CT molecular complexity index is 657. The quantitative estimate of drug-likeness (QED) is 0.816. The monoisotopic (exact) mass is 326 g/mol. The molecule has 1 fully saturated rings. The molecule has 2 aromatic rings. The van der Waals surface area contributed by atoms with Crippen LogP contribution in [0.15, 0.2) is 36.5 Å². The fourth-order valence-corrected chi connectivity index (χ4v) is 3.26. The van der Waals surface area contributed by atoms with Crippen molar-refractivity contribution in [2.75, 3.05) is 27.7 Å². The van der Waals surface area contributed by atoms with Crippen LogP contribution < -0.4 is 4.74 Å². The fourth-order valence-electron chi connectivity index (χ4n) is 3.26. The molecule has 0 saturated carbocycles. The molecule has 1 saturated heterocycles. The Balaban J connectivity index is 1.72. The Kier molecular flexibility index (Phi) is 5.43. The number of rotatable bonds is 6. The van der Waals surface area contributed by atoms with Crippen molar-refractivity contribution in [3.63, 3.8) is 0 Å². The van der Waals surface area contributed by atoms with Crippen molar-refractivity contribution in [2.45, 2.75) is 32.0 Å². The number of likely N-dealkylation sites (tertiary alicyclic amines) is 1. The Morgan fingerprint density at radius 1 is 1.21 bits per heavy atom. The molecule has 0 aliphatic carbocycles.